The second-order valence-corrected chi connectivity index (χ2v) is 5.97. The highest BCUT2D eigenvalue weighted by atomic mass is 35.5. The van der Waals surface area contributed by atoms with E-state index in [1.807, 2.05) is 6.92 Å². The lowest BCUT2D eigenvalue weighted by molar-refractivity contribution is 0.236. The molecule has 3 nitrogen and oxygen atoms in total. The number of pyridine rings is 1. The molecule has 1 aliphatic heterocycles. The van der Waals surface area contributed by atoms with Crippen molar-refractivity contribution in [2.45, 2.75) is 26.8 Å². The summed E-state index contributed by atoms with van der Waals surface area (Å²) < 4.78 is 0. The summed E-state index contributed by atoms with van der Waals surface area (Å²) in [6, 6.07) is 2.63. The number of nitrogens with zero attached hydrogens (tertiary/aromatic N) is 3. The average Bonchev–Trinajstić information content (AvgIpc) is 2.32. The summed E-state index contributed by atoms with van der Waals surface area (Å²) >= 11 is 6.05. The first-order chi connectivity index (χ1) is 8.49. The average molecular weight is 268 g/mol. The largest absolute Gasteiger partial charge is 0.351 e. The number of rotatable bonds is 2. The van der Waals surface area contributed by atoms with E-state index in [9.17, 15) is 0 Å². The first-order valence-electron chi connectivity index (χ1n) is 6.56. The number of piperazine rings is 1. The molecule has 2 heterocycles. The van der Waals surface area contributed by atoms with E-state index in [2.05, 4.69) is 41.7 Å². The molecular weight excluding hydrogens is 246 g/mol. The zero-order chi connectivity index (χ0) is 13.3. The molecule has 1 fully saturated rings. The lowest BCUT2D eigenvalue weighted by Crippen LogP contribution is -2.54. The minimum atomic E-state index is 0.525. The third-order valence-electron chi connectivity index (χ3n) is 3.72. The van der Waals surface area contributed by atoms with E-state index >= 15 is 0 Å². The van der Waals surface area contributed by atoms with Crippen molar-refractivity contribution in [3.05, 3.63) is 22.8 Å². The quantitative estimate of drug-likeness (QED) is 0.821. The maximum absolute atomic E-state index is 6.05. The van der Waals surface area contributed by atoms with Crippen LogP contribution in [-0.4, -0.2) is 42.6 Å². The minimum Gasteiger partial charge on any atom is -0.351 e. The molecule has 0 spiro atoms. The van der Waals surface area contributed by atoms with Crippen LogP contribution in [0.15, 0.2) is 12.3 Å². The van der Waals surface area contributed by atoms with Gasteiger partial charge in [0.05, 0.1) is 5.02 Å². The fraction of sp³-hybridized carbons (Fsp3) is 0.643. The molecule has 1 atom stereocenters. The Morgan fingerprint density at radius 3 is 2.72 bits per heavy atom. The van der Waals surface area contributed by atoms with E-state index in [-0.39, 0.29) is 0 Å². The molecule has 0 unspecified atom stereocenters. The van der Waals surface area contributed by atoms with Crippen LogP contribution < -0.4 is 4.90 Å². The molecule has 1 aromatic heterocycles. The molecule has 0 radical (unpaired) electrons. The zero-order valence-electron chi connectivity index (χ0n) is 11.7. The molecule has 100 valence electrons. The summed E-state index contributed by atoms with van der Waals surface area (Å²) in [5, 5.41) is 0.744. The standard InChI is InChI=1S/C14H22ClN3/c1-10(2)13-9-17(4)5-6-18(13)14-7-11(3)12(15)8-16-14/h7-8,10,13H,5-6,9H2,1-4H3/t13-/m1/s1. The number of halogens is 1. The van der Waals surface area contributed by atoms with Crippen LogP contribution in [-0.2, 0) is 0 Å². The fourth-order valence-corrected chi connectivity index (χ4v) is 2.59. The maximum Gasteiger partial charge on any atom is 0.129 e. The smallest absolute Gasteiger partial charge is 0.129 e. The molecule has 0 aliphatic carbocycles. The van der Waals surface area contributed by atoms with Gasteiger partial charge >= 0.3 is 0 Å². The van der Waals surface area contributed by atoms with Crippen LogP contribution in [0.5, 0.6) is 0 Å². The molecule has 1 aliphatic rings. The highest BCUT2D eigenvalue weighted by molar-refractivity contribution is 6.31. The Balaban J connectivity index is 2.26. The fourth-order valence-electron chi connectivity index (χ4n) is 2.49. The number of anilines is 1. The monoisotopic (exact) mass is 267 g/mol. The number of hydrogen-bond donors (Lipinski definition) is 0. The van der Waals surface area contributed by atoms with E-state index in [0.29, 0.717) is 12.0 Å². The Bertz CT molecular complexity index is 420. The molecule has 2 rings (SSSR count). The van der Waals surface area contributed by atoms with Gasteiger partial charge < -0.3 is 9.80 Å². The number of likely N-dealkylation sites (N-methyl/N-ethyl adjacent to an activating group) is 1. The summed E-state index contributed by atoms with van der Waals surface area (Å²) in [5.41, 5.74) is 1.10. The summed E-state index contributed by atoms with van der Waals surface area (Å²) in [5.74, 6) is 1.68. The molecular formula is C14H22ClN3. The lowest BCUT2D eigenvalue weighted by atomic mass is 9.99. The van der Waals surface area contributed by atoms with Gasteiger partial charge in [0.25, 0.3) is 0 Å². The lowest BCUT2D eigenvalue weighted by Gasteiger charge is -2.43. The minimum absolute atomic E-state index is 0.525. The SMILES string of the molecule is Cc1cc(N2CCN(C)C[C@@H]2C(C)C)ncc1Cl. The Morgan fingerprint density at radius 1 is 1.39 bits per heavy atom. The zero-order valence-corrected chi connectivity index (χ0v) is 12.4. The van der Waals surface area contributed by atoms with Crippen molar-refractivity contribution in [2.24, 2.45) is 5.92 Å². The van der Waals surface area contributed by atoms with Crippen molar-refractivity contribution in [2.75, 3.05) is 31.6 Å². The van der Waals surface area contributed by atoms with Crippen LogP contribution in [0.4, 0.5) is 5.82 Å². The van der Waals surface area contributed by atoms with Crippen molar-refractivity contribution >= 4 is 17.4 Å². The van der Waals surface area contributed by atoms with Gasteiger partial charge in [-0.25, -0.2) is 4.98 Å². The first-order valence-corrected chi connectivity index (χ1v) is 6.94. The van der Waals surface area contributed by atoms with Crippen molar-refractivity contribution in [1.82, 2.24) is 9.88 Å². The third-order valence-corrected chi connectivity index (χ3v) is 4.11. The van der Waals surface area contributed by atoms with Gasteiger partial charge in [-0.2, -0.15) is 0 Å². The number of hydrogen-bond acceptors (Lipinski definition) is 3. The molecule has 1 saturated heterocycles. The van der Waals surface area contributed by atoms with E-state index in [0.717, 1.165) is 36.0 Å². The maximum atomic E-state index is 6.05. The Hall–Kier alpha value is -0.800. The van der Waals surface area contributed by atoms with Gasteiger partial charge in [-0.05, 0) is 31.5 Å². The van der Waals surface area contributed by atoms with Crippen molar-refractivity contribution in [1.29, 1.82) is 0 Å². The Labute approximate surface area is 115 Å². The van der Waals surface area contributed by atoms with Gasteiger partial charge in [-0.1, -0.05) is 25.4 Å². The highest BCUT2D eigenvalue weighted by Crippen LogP contribution is 2.25. The number of aryl methyl sites for hydroxylation is 1. The predicted molar refractivity (Wildman–Crippen MR) is 77.5 cm³/mol. The van der Waals surface area contributed by atoms with Crippen molar-refractivity contribution in [3.8, 4) is 0 Å². The van der Waals surface area contributed by atoms with Crippen molar-refractivity contribution < 1.29 is 0 Å². The number of aromatic nitrogens is 1. The van der Waals surface area contributed by atoms with Crippen LogP contribution in [0.25, 0.3) is 0 Å². The molecule has 1 aromatic rings. The molecule has 0 aromatic carbocycles. The Kier molecular flexibility index (Phi) is 4.13. The molecule has 0 saturated carbocycles. The molecule has 0 bridgehead atoms. The predicted octanol–water partition coefficient (Wildman–Crippen LogP) is 2.82. The highest BCUT2D eigenvalue weighted by Gasteiger charge is 2.28. The summed E-state index contributed by atoms with van der Waals surface area (Å²) in [6.07, 6.45) is 1.77. The summed E-state index contributed by atoms with van der Waals surface area (Å²) in [6.45, 7) is 9.81. The van der Waals surface area contributed by atoms with Crippen LogP contribution in [0.3, 0.4) is 0 Å². The third kappa shape index (κ3) is 2.78. The second kappa shape index (κ2) is 5.45. The second-order valence-electron chi connectivity index (χ2n) is 5.56. The van der Waals surface area contributed by atoms with Crippen molar-refractivity contribution in [3.63, 3.8) is 0 Å². The van der Waals surface area contributed by atoms with Gasteiger partial charge in [0.2, 0.25) is 0 Å². The van der Waals surface area contributed by atoms with Gasteiger partial charge in [0, 0.05) is 31.9 Å². The topological polar surface area (TPSA) is 19.4 Å². The van der Waals surface area contributed by atoms with E-state index in [4.69, 9.17) is 11.6 Å². The van der Waals surface area contributed by atoms with Crippen LogP contribution in [0, 0.1) is 12.8 Å². The van der Waals surface area contributed by atoms with E-state index in [1.165, 1.54) is 0 Å². The molecule has 4 heteroatoms. The van der Waals surface area contributed by atoms with Gasteiger partial charge in [-0.15, -0.1) is 0 Å². The molecule has 0 N–H and O–H groups in total. The summed E-state index contributed by atoms with van der Waals surface area (Å²) in [4.78, 5) is 9.31. The van der Waals surface area contributed by atoms with Crippen LogP contribution in [0.1, 0.15) is 19.4 Å². The van der Waals surface area contributed by atoms with Crippen LogP contribution >= 0.6 is 11.6 Å². The van der Waals surface area contributed by atoms with Gasteiger partial charge in [0.15, 0.2) is 0 Å². The van der Waals surface area contributed by atoms with E-state index in [1.54, 1.807) is 6.20 Å². The van der Waals surface area contributed by atoms with Gasteiger partial charge in [0.1, 0.15) is 5.82 Å². The summed E-state index contributed by atoms with van der Waals surface area (Å²) in [7, 11) is 2.19. The first kappa shape index (κ1) is 13.6. The molecule has 18 heavy (non-hydrogen) atoms. The normalized spacial score (nSPS) is 21.7. The molecule has 0 amide bonds. The van der Waals surface area contributed by atoms with E-state index < -0.39 is 0 Å². The van der Waals surface area contributed by atoms with Crippen LogP contribution in [0.2, 0.25) is 5.02 Å². The van der Waals surface area contributed by atoms with Gasteiger partial charge in [-0.3, -0.25) is 0 Å². The Morgan fingerprint density at radius 2 is 2.11 bits per heavy atom.